The minimum absolute atomic E-state index is 0.358. The van der Waals surface area contributed by atoms with Crippen LogP contribution in [0.1, 0.15) is 36.8 Å². The van der Waals surface area contributed by atoms with Crippen molar-refractivity contribution in [2.24, 2.45) is 0 Å². The highest BCUT2D eigenvalue weighted by molar-refractivity contribution is 5.43. The van der Waals surface area contributed by atoms with Crippen LogP contribution in [-0.4, -0.2) is 18.2 Å². The molecule has 1 aliphatic rings. The summed E-state index contributed by atoms with van der Waals surface area (Å²) in [4.78, 5) is 4.05. The van der Waals surface area contributed by atoms with Gasteiger partial charge in [-0.05, 0) is 73.9 Å². The van der Waals surface area contributed by atoms with Crippen molar-refractivity contribution in [3.8, 4) is 11.5 Å². The van der Waals surface area contributed by atoms with E-state index in [-0.39, 0.29) is 0 Å². The van der Waals surface area contributed by atoms with E-state index in [4.69, 9.17) is 9.47 Å². The van der Waals surface area contributed by atoms with Gasteiger partial charge in [0.15, 0.2) is 11.5 Å². The lowest BCUT2D eigenvalue weighted by Gasteiger charge is -2.16. The first kappa shape index (κ1) is 14.9. The predicted molar refractivity (Wildman–Crippen MR) is 87.5 cm³/mol. The van der Waals surface area contributed by atoms with Gasteiger partial charge in [0.1, 0.15) is 0 Å². The average molecular weight is 297 g/mol. The Morgan fingerprint density at radius 3 is 2.41 bits per heavy atom. The molecule has 1 saturated carbocycles. The molecule has 1 fully saturated rings. The van der Waals surface area contributed by atoms with Gasteiger partial charge in [-0.1, -0.05) is 6.07 Å². The van der Waals surface area contributed by atoms with Crippen molar-refractivity contribution in [2.75, 3.05) is 7.11 Å². The SMILES string of the molecule is COc1cc(CCc2ccncc2)ccc1OC1CCCC1. The molecule has 0 amide bonds. The molecule has 1 aliphatic carbocycles. The molecule has 0 atom stereocenters. The summed E-state index contributed by atoms with van der Waals surface area (Å²) >= 11 is 0. The molecule has 0 aliphatic heterocycles. The number of hydrogen-bond donors (Lipinski definition) is 0. The lowest BCUT2D eigenvalue weighted by Crippen LogP contribution is -2.11. The summed E-state index contributed by atoms with van der Waals surface area (Å²) in [7, 11) is 1.71. The number of aryl methyl sites for hydroxylation is 2. The molecule has 0 bridgehead atoms. The molecule has 2 aromatic rings. The Bertz CT molecular complexity index is 592. The zero-order valence-electron chi connectivity index (χ0n) is 13.1. The van der Waals surface area contributed by atoms with Gasteiger partial charge >= 0.3 is 0 Å². The Morgan fingerprint density at radius 1 is 0.955 bits per heavy atom. The highest BCUT2D eigenvalue weighted by atomic mass is 16.5. The van der Waals surface area contributed by atoms with Crippen molar-refractivity contribution < 1.29 is 9.47 Å². The lowest BCUT2D eigenvalue weighted by molar-refractivity contribution is 0.200. The van der Waals surface area contributed by atoms with Crippen LogP contribution >= 0.6 is 0 Å². The normalized spacial score (nSPS) is 15.0. The molecule has 0 spiro atoms. The van der Waals surface area contributed by atoms with Gasteiger partial charge in [-0.15, -0.1) is 0 Å². The molecule has 3 nitrogen and oxygen atoms in total. The monoisotopic (exact) mass is 297 g/mol. The fourth-order valence-electron chi connectivity index (χ4n) is 2.99. The summed E-state index contributed by atoms with van der Waals surface area (Å²) in [5.41, 5.74) is 2.58. The summed E-state index contributed by atoms with van der Waals surface area (Å²) in [6, 6.07) is 10.4. The Balaban J connectivity index is 1.65. The van der Waals surface area contributed by atoms with Gasteiger partial charge < -0.3 is 9.47 Å². The first-order valence-corrected chi connectivity index (χ1v) is 8.07. The van der Waals surface area contributed by atoms with E-state index < -0.39 is 0 Å². The van der Waals surface area contributed by atoms with Crippen molar-refractivity contribution in [1.82, 2.24) is 4.98 Å². The summed E-state index contributed by atoms with van der Waals surface area (Å²) in [5.74, 6) is 1.72. The minimum Gasteiger partial charge on any atom is -0.493 e. The predicted octanol–water partition coefficient (Wildman–Crippen LogP) is 4.20. The van der Waals surface area contributed by atoms with Gasteiger partial charge in [-0.25, -0.2) is 0 Å². The van der Waals surface area contributed by atoms with Gasteiger partial charge in [0.25, 0.3) is 0 Å². The summed E-state index contributed by atoms with van der Waals surface area (Å²) < 4.78 is 11.6. The number of ether oxygens (including phenoxy) is 2. The third kappa shape index (κ3) is 3.79. The highest BCUT2D eigenvalue weighted by Crippen LogP contribution is 2.32. The van der Waals surface area contributed by atoms with E-state index in [0.717, 1.165) is 37.2 Å². The Hall–Kier alpha value is -2.03. The molecular weight excluding hydrogens is 274 g/mol. The van der Waals surface area contributed by atoms with E-state index in [1.54, 1.807) is 7.11 Å². The number of rotatable bonds is 6. The second-order valence-corrected chi connectivity index (χ2v) is 5.86. The van der Waals surface area contributed by atoms with Crippen LogP contribution in [0.15, 0.2) is 42.7 Å². The third-order valence-corrected chi connectivity index (χ3v) is 4.28. The quantitative estimate of drug-likeness (QED) is 0.801. The van der Waals surface area contributed by atoms with Crippen molar-refractivity contribution in [3.63, 3.8) is 0 Å². The molecule has 3 rings (SSSR count). The molecule has 3 heteroatoms. The van der Waals surface area contributed by atoms with E-state index in [1.165, 1.54) is 24.0 Å². The fraction of sp³-hybridized carbons (Fsp3) is 0.421. The van der Waals surface area contributed by atoms with Crippen LogP contribution in [0.25, 0.3) is 0 Å². The first-order valence-electron chi connectivity index (χ1n) is 8.07. The number of nitrogens with zero attached hydrogens (tertiary/aromatic N) is 1. The number of methoxy groups -OCH3 is 1. The third-order valence-electron chi connectivity index (χ3n) is 4.28. The maximum atomic E-state index is 6.08. The van der Waals surface area contributed by atoms with Crippen LogP contribution < -0.4 is 9.47 Å². The highest BCUT2D eigenvalue weighted by Gasteiger charge is 2.18. The topological polar surface area (TPSA) is 31.4 Å². The van der Waals surface area contributed by atoms with Crippen molar-refractivity contribution >= 4 is 0 Å². The van der Waals surface area contributed by atoms with Crippen LogP contribution in [0.5, 0.6) is 11.5 Å². The lowest BCUT2D eigenvalue weighted by atomic mass is 10.0. The van der Waals surface area contributed by atoms with E-state index in [0.29, 0.717) is 6.10 Å². The molecular formula is C19H23NO2. The van der Waals surface area contributed by atoms with Crippen LogP contribution in [0.2, 0.25) is 0 Å². The number of aromatic nitrogens is 1. The average Bonchev–Trinajstić information content (AvgIpc) is 3.08. The molecule has 1 aromatic heterocycles. The Labute approximate surface area is 132 Å². The Kier molecular flexibility index (Phi) is 4.94. The molecule has 116 valence electrons. The molecule has 0 unspecified atom stereocenters. The maximum Gasteiger partial charge on any atom is 0.161 e. The molecule has 1 aromatic carbocycles. The molecule has 22 heavy (non-hydrogen) atoms. The van der Waals surface area contributed by atoms with Crippen LogP contribution in [0, 0.1) is 0 Å². The molecule has 0 N–H and O–H groups in total. The van der Waals surface area contributed by atoms with Gasteiger partial charge in [0.05, 0.1) is 13.2 Å². The summed E-state index contributed by atoms with van der Waals surface area (Å²) in [6.07, 6.45) is 10.9. The second-order valence-electron chi connectivity index (χ2n) is 5.86. The van der Waals surface area contributed by atoms with Crippen molar-refractivity contribution in [1.29, 1.82) is 0 Å². The Morgan fingerprint density at radius 2 is 1.68 bits per heavy atom. The summed E-state index contributed by atoms with van der Waals surface area (Å²) in [6.45, 7) is 0. The van der Waals surface area contributed by atoms with Gasteiger partial charge in [-0.3, -0.25) is 4.98 Å². The van der Waals surface area contributed by atoms with E-state index in [2.05, 4.69) is 35.3 Å². The number of pyridine rings is 1. The smallest absolute Gasteiger partial charge is 0.161 e. The standard InChI is InChI=1S/C19H23NO2/c1-21-19-14-16(7-6-15-10-12-20-13-11-15)8-9-18(19)22-17-4-2-3-5-17/h8-14,17H,2-7H2,1H3. The van der Waals surface area contributed by atoms with Crippen molar-refractivity contribution in [3.05, 3.63) is 53.9 Å². The maximum absolute atomic E-state index is 6.08. The number of benzene rings is 1. The molecule has 0 saturated heterocycles. The van der Waals surface area contributed by atoms with Crippen LogP contribution in [0.4, 0.5) is 0 Å². The van der Waals surface area contributed by atoms with Gasteiger partial charge in [0, 0.05) is 12.4 Å². The van der Waals surface area contributed by atoms with Crippen LogP contribution in [0.3, 0.4) is 0 Å². The van der Waals surface area contributed by atoms with Gasteiger partial charge in [0.2, 0.25) is 0 Å². The largest absolute Gasteiger partial charge is 0.493 e. The van der Waals surface area contributed by atoms with Gasteiger partial charge in [-0.2, -0.15) is 0 Å². The summed E-state index contributed by atoms with van der Waals surface area (Å²) in [5, 5.41) is 0. The van der Waals surface area contributed by atoms with Crippen molar-refractivity contribution in [2.45, 2.75) is 44.6 Å². The molecule has 1 heterocycles. The second kappa shape index (κ2) is 7.30. The van der Waals surface area contributed by atoms with E-state index in [1.807, 2.05) is 12.4 Å². The number of hydrogen-bond acceptors (Lipinski definition) is 3. The zero-order valence-corrected chi connectivity index (χ0v) is 13.1. The first-order chi connectivity index (χ1) is 10.8. The molecule has 0 radical (unpaired) electrons. The zero-order chi connectivity index (χ0) is 15.2. The van der Waals surface area contributed by atoms with Crippen LogP contribution in [-0.2, 0) is 12.8 Å². The van der Waals surface area contributed by atoms with E-state index in [9.17, 15) is 0 Å². The van der Waals surface area contributed by atoms with E-state index >= 15 is 0 Å². The fourth-order valence-corrected chi connectivity index (χ4v) is 2.99. The minimum atomic E-state index is 0.358.